The topological polar surface area (TPSA) is 74.8 Å². The van der Waals surface area contributed by atoms with E-state index >= 15 is 0 Å². The van der Waals surface area contributed by atoms with Gasteiger partial charge in [0.05, 0.1) is 10.3 Å². The molecule has 8 heteroatoms. The smallest absolute Gasteiger partial charge is 0.243 e. The quantitative estimate of drug-likeness (QED) is 0.644. The average molecular weight is 459 g/mol. The molecule has 0 radical (unpaired) electrons. The van der Waals surface area contributed by atoms with Crippen LogP contribution in [-0.2, 0) is 20.2 Å². The zero-order chi connectivity index (χ0) is 22.9. The summed E-state index contributed by atoms with van der Waals surface area (Å²) in [6, 6.07) is 12.1. The van der Waals surface area contributed by atoms with Gasteiger partial charge in [0.15, 0.2) is 5.78 Å². The molecule has 0 bridgehead atoms. The SMILES string of the molecule is CC(=O)c1ccc(S(=O)(=O)N2CCN(C(=O)C3(c4ccc(F)cc4)CCCC3)CC2)cc1. The number of halogens is 1. The van der Waals surface area contributed by atoms with E-state index in [1.54, 1.807) is 17.0 Å². The maximum absolute atomic E-state index is 13.6. The lowest BCUT2D eigenvalue weighted by Gasteiger charge is -2.39. The number of nitrogens with zero attached hydrogens (tertiary/aromatic N) is 2. The first-order valence-corrected chi connectivity index (χ1v) is 12.3. The predicted molar refractivity (Wildman–Crippen MR) is 118 cm³/mol. The maximum Gasteiger partial charge on any atom is 0.243 e. The fourth-order valence-electron chi connectivity index (χ4n) is 4.82. The lowest BCUT2D eigenvalue weighted by Crippen LogP contribution is -2.55. The second-order valence-corrected chi connectivity index (χ2v) is 10.5. The molecule has 170 valence electrons. The lowest BCUT2D eigenvalue weighted by molar-refractivity contribution is -0.138. The Morgan fingerprint density at radius 1 is 0.875 bits per heavy atom. The number of benzene rings is 2. The first-order chi connectivity index (χ1) is 15.2. The third kappa shape index (κ3) is 4.09. The summed E-state index contributed by atoms with van der Waals surface area (Å²) in [4.78, 5) is 26.9. The van der Waals surface area contributed by atoms with Crippen molar-refractivity contribution in [2.45, 2.75) is 42.9 Å². The molecule has 0 N–H and O–H groups in total. The standard InChI is InChI=1S/C24H27FN2O4S/c1-18(28)19-4-10-22(11-5-19)32(30,31)27-16-14-26(15-17-27)23(29)24(12-2-3-13-24)20-6-8-21(25)9-7-20/h4-11H,2-3,12-17H2,1H3. The highest BCUT2D eigenvalue weighted by molar-refractivity contribution is 7.89. The van der Waals surface area contributed by atoms with Gasteiger partial charge < -0.3 is 4.90 Å². The van der Waals surface area contributed by atoms with Crippen molar-refractivity contribution in [2.75, 3.05) is 26.2 Å². The van der Waals surface area contributed by atoms with E-state index in [9.17, 15) is 22.4 Å². The Labute approximate surface area is 188 Å². The highest BCUT2D eigenvalue weighted by Crippen LogP contribution is 2.43. The third-order valence-electron chi connectivity index (χ3n) is 6.69. The van der Waals surface area contributed by atoms with Crippen molar-refractivity contribution in [3.63, 3.8) is 0 Å². The highest BCUT2D eigenvalue weighted by Gasteiger charge is 2.45. The number of carbonyl (C=O) groups is 2. The van der Waals surface area contributed by atoms with Crippen LogP contribution in [0.3, 0.4) is 0 Å². The molecule has 1 aliphatic heterocycles. The Balaban J connectivity index is 1.48. The second-order valence-electron chi connectivity index (χ2n) is 8.57. The van der Waals surface area contributed by atoms with E-state index in [4.69, 9.17) is 0 Å². The van der Waals surface area contributed by atoms with Crippen LogP contribution >= 0.6 is 0 Å². The lowest BCUT2D eigenvalue weighted by atomic mass is 9.77. The van der Waals surface area contributed by atoms with Crippen molar-refractivity contribution in [2.24, 2.45) is 0 Å². The van der Waals surface area contributed by atoms with Crippen LogP contribution < -0.4 is 0 Å². The minimum atomic E-state index is -3.70. The number of hydrogen-bond donors (Lipinski definition) is 0. The third-order valence-corrected chi connectivity index (χ3v) is 8.60. The van der Waals surface area contributed by atoms with Gasteiger partial charge in [-0.1, -0.05) is 37.1 Å². The van der Waals surface area contributed by atoms with Crippen molar-refractivity contribution >= 4 is 21.7 Å². The number of rotatable bonds is 5. The number of carbonyl (C=O) groups excluding carboxylic acids is 2. The molecule has 4 rings (SSSR count). The molecule has 32 heavy (non-hydrogen) atoms. The average Bonchev–Trinajstić information content (AvgIpc) is 3.30. The van der Waals surface area contributed by atoms with Crippen molar-refractivity contribution in [1.82, 2.24) is 9.21 Å². The monoisotopic (exact) mass is 458 g/mol. The van der Waals surface area contributed by atoms with E-state index in [0.717, 1.165) is 31.2 Å². The summed E-state index contributed by atoms with van der Waals surface area (Å²) in [5.74, 6) is -0.447. The number of hydrogen-bond acceptors (Lipinski definition) is 4. The summed E-state index contributed by atoms with van der Waals surface area (Å²) in [7, 11) is -3.70. The fraction of sp³-hybridized carbons (Fsp3) is 0.417. The van der Waals surface area contributed by atoms with Crippen LogP contribution in [0, 0.1) is 5.82 Å². The van der Waals surface area contributed by atoms with Crippen LogP contribution in [0.2, 0.25) is 0 Å². The molecule has 0 unspecified atom stereocenters. The number of ketones is 1. The molecule has 0 atom stereocenters. The van der Waals surface area contributed by atoms with Crippen molar-refractivity contribution < 1.29 is 22.4 Å². The van der Waals surface area contributed by atoms with Crippen LogP contribution in [0.4, 0.5) is 4.39 Å². The van der Waals surface area contributed by atoms with Crippen molar-refractivity contribution in [3.05, 3.63) is 65.5 Å². The Hall–Kier alpha value is -2.58. The normalized spacial score (nSPS) is 19.1. The van der Waals surface area contributed by atoms with Crippen LogP contribution in [0.25, 0.3) is 0 Å². The summed E-state index contributed by atoms with van der Waals surface area (Å²) in [6.07, 6.45) is 3.32. The van der Waals surface area contributed by atoms with E-state index in [1.165, 1.54) is 47.6 Å². The van der Waals surface area contributed by atoms with E-state index in [0.29, 0.717) is 18.7 Å². The van der Waals surface area contributed by atoms with Crippen LogP contribution in [0.5, 0.6) is 0 Å². The molecule has 0 spiro atoms. The Morgan fingerprint density at radius 3 is 1.97 bits per heavy atom. The van der Waals surface area contributed by atoms with Crippen molar-refractivity contribution in [1.29, 1.82) is 0 Å². The number of Topliss-reactive ketones (excluding diaryl/α,β-unsaturated/α-hetero) is 1. The van der Waals surface area contributed by atoms with Gasteiger partial charge in [-0.3, -0.25) is 9.59 Å². The maximum atomic E-state index is 13.6. The van der Waals surface area contributed by atoms with Gasteiger partial charge in [0.2, 0.25) is 15.9 Å². The molecule has 1 saturated heterocycles. The van der Waals surface area contributed by atoms with Crippen LogP contribution in [-0.4, -0.2) is 55.5 Å². The minimum Gasteiger partial charge on any atom is -0.339 e. The molecule has 0 aromatic heterocycles. The van der Waals surface area contributed by atoms with Gasteiger partial charge in [0.25, 0.3) is 0 Å². The zero-order valence-corrected chi connectivity index (χ0v) is 18.9. The molecule has 1 aliphatic carbocycles. The minimum absolute atomic E-state index is 0.00414. The van der Waals surface area contributed by atoms with Crippen LogP contribution in [0.15, 0.2) is 53.4 Å². The van der Waals surface area contributed by atoms with E-state index in [-0.39, 0.29) is 35.5 Å². The highest BCUT2D eigenvalue weighted by atomic mass is 32.2. The van der Waals surface area contributed by atoms with Gasteiger partial charge in [0.1, 0.15) is 5.82 Å². The summed E-state index contributed by atoms with van der Waals surface area (Å²) in [5, 5.41) is 0. The summed E-state index contributed by atoms with van der Waals surface area (Å²) >= 11 is 0. The largest absolute Gasteiger partial charge is 0.339 e. The van der Waals surface area contributed by atoms with E-state index in [2.05, 4.69) is 0 Å². The second kappa shape index (κ2) is 8.75. The molecule has 1 amide bonds. The summed E-state index contributed by atoms with van der Waals surface area (Å²) in [5.41, 5.74) is 0.640. The molecule has 2 aliphatic rings. The van der Waals surface area contributed by atoms with Crippen LogP contribution in [0.1, 0.15) is 48.5 Å². The number of sulfonamides is 1. The Morgan fingerprint density at radius 2 is 1.44 bits per heavy atom. The first kappa shape index (κ1) is 22.6. The van der Waals surface area contributed by atoms with Gasteiger partial charge in [-0.05, 0) is 49.6 Å². The van der Waals surface area contributed by atoms with Gasteiger partial charge in [0, 0.05) is 31.7 Å². The van der Waals surface area contributed by atoms with E-state index in [1.807, 2.05) is 0 Å². The van der Waals surface area contributed by atoms with E-state index < -0.39 is 15.4 Å². The molecule has 6 nitrogen and oxygen atoms in total. The number of amides is 1. The van der Waals surface area contributed by atoms with Gasteiger partial charge in [-0.15, -0.1) is 0 Å². The van der Waals surface area contributed by atoms with Gasteiger partial charge >= 0.3 is 0 Å². The molecule has 1 saturated carbocycles. The molecule has 1 heterocycles. The molecular formula is C24H27FN2O4S. The number of piperazine rings is 1. The predicted octanol–water partition coefficient (Wildman–Crippen LogP) is 3.37. The fourth-order valence-corrected chi connectivity index (χ4v) is 6.24. The van der Waals surface area contributed by atoms with Gasteiger partial charge in [-0.25, -0.2) is 12.8 Å². The summed E-state index contributed by atoms with van der Waals surface area (Å²) < 4.78 is 40.9. The Bertz CT molecular complexity index is 1100. The molecule has 2 aromatic rings. The zero-order valence-electron chi connectivity index (χ0n) is 18.1. The molecule has 2 aromatic carbocycles. The molecule has 2 fully saturated rings. The van der Waals surface area contributed by atoms with Gasteiger partial charge in [-0.2, -0.15) is 4.31 Å². The Kier molecular flexibility index (Phi) is 6.18. The molecular weight excluding hydrogens is 431 g/mol. The van der Waals surface area contributed by atoms with Crippen molar-refractivity contribution in [3.8, 4) is 0 Å². The first-order valence-electron chi connectivity index (χ1n) is 10.9. The summed E-state index contributed by atoms with van der Waals surface area (Å²) in [6.45, 7) is 2.48.